The van der Waals surface area contributed by atoms with E-state index >= 15 is 0 Å². The highest BCUT2D eigenvalue weighted by Gasteiger charge is 2.25. The molecule has 1 unspecified atom stereocenters. The summed E-state index contributed by atoms with van der Waals surface area (Å²) in [6.07, 6.45) is 5.31. The topological polar surface area (TPSA) is 77.9 Å². The lowest BCUT2D eigenvalue weighted by Gasteiger charge is -2.16. The second-order valence-corrected chi connectivity index (χ2v) is 6.68. The van der Waals surface area contributed by atoms with E-state index in [0.29, 0.717) is 23.9 Å². The maximum Gasteiger partial charge on any atom is 0.181 e. The summed E-state index contributed by atoms with van der Waals surface area (Å²) in [6, 6.07) is 8.44. The Kier molecular flexibility index (Phi) is 4.62. The van der Waals surface area contributed by atoms with Crippen LogP contribution in [0.5, 0.6) is 5.75 Å². The average molecular weight is 353 g/mol. The van der Waals surface area contributed by atoms with Crippen molar-refractivity contribution in [3.8, 4) is 17.1 Å². The number of rotatable bonds is 5. The maximum absolute atomic E-state index is 13.5. The highest BCUT2D eigenvalue weighted by Crippen LogP contribution is 2.26. The number of para-hydroxylation sites is 1. The van der Waals surface area contributed by atoms with Crippen molar-refractivity contribution < 1.29 is 9.50 Å². The van der Waals surface area contributed by atoms with Crippen molar-refractivity contribution in [3.63, 3.8) is 0 Å². The summed E-state index contributed by atoms with van der Waals surface area (Å²) in [4.78, 5) is 10.8. The smallest absolute Gasteiger partial charge is 0.181 e. The van der Waals surface area contributed by atoms with E-state index in [2.05, 4.69) is 25.1 Å². The Labute approximate surface area is 150 Å². The number of halogens is 1. The third-order valence-electron chi connectivity index (χ3n) is 4.79. The van der Waals surface area contributed by atoms with Gasteiger partial charge in [0.1, 0.15) is 5.82 Å². The largest absolute Gasteiger partial charge is 0.505 e. The lowest BCUT2D eigenvalue weighted by molar-refractivity contribution is 0.307. The number of phenols is 1. The number of H-pyrrole nitrogens is 1. The van der Waals surface area contributed by atoms with Crippen molar-refractivity contribution in [2.45, 2.75) is 19.4 Å². The van der Waals surface area contributed by atoms with Crippen molar-refractivity contribution in [3.05, 3.63) is 59.9 Å². The van der Waals surface area contributed by atoms with Crippen molar-refractivity contribution in [1.29, 1.82) is 0 Å². The van der Waals surface area contributed by atoms with Crippen molar-refractivity contribution >= 4 is 0 Å². The van der Waals surface area contributed by atoms with Gasteiger partial charge in [0.05, 0.1) is 0 Å². The Hall–Kier alpha value is -2.80. The van der Waals surface area contributed by atoms with Crippen molar-refractivity contribution in [2.24, 2.45) is 5.92 Å². The number of aromatic amines is 1. The number of nitrogens with one attached hydrogen (secondary N) is 1. The van der Waals surface area contributed by atoms with Gasteiger partial charge in [0.15, 0.2) is 17.4 Å². The molecule has 1 aliphatic rings. The Balaban J connectivity index is 1.36. The first-order chi connectivity index (χ1) is 12.7. The van der Waals surface area contributed by atoms with E-state index in [1.807, 2.05) is 12.1 Å². The standard InChI is InChI=1S/C19H20FN5O/c20-16-3-1-2-15(18(16)26)12-25-9-6-13(11-25)10-17-22-19(24-23-17)14-4-7-21-8-5-14/h1-5,7-8,13,26H,6,9-12H2,(H,22,23,24). The van der Waals surface area contributed by atoms with Crippen LogP contribution in [0.25, 0.3) is 11.4 Å². The Morgan fingerprint density at radius 3 is 2.92 bits per heavy atom. The zero-order chi connectivity index (χ0) is 17.9. The first-order valence-electron chi connectivity index (χ1n) is 8.69. The number of aromatic nitrogens is 4. The molecule has 0 aliphatic carbocycles. The van der Waals surface area contributed by atoms with E-state index in [0.717, 1.165) is 37.3 Å². The minimum atomic E-state index is -0.566. The predicted octanol–water partition coefficient (Wildman–Crippen LogP) is 2.78. The van der Waals surface area contributed by atoms with Gasteiger partial charge in [0.2, 0.25) is 0 Å². The van der Waals surface area contributed by atoms with E-state index in [-0.39, 0.29) is 5.75 Å². The molecular formula is C19H20FN5O. The van der Waals surface area contributed by atoms with Crippen LogP contribution >= 0.6 is 0 Å². The summed E-state index contributed by atoms with van der Waals surface area (Å²) in [5.41, 5.74) is 1.57. The van der Waals surface area contributed by atoms with Gasteiger partial charge in [-0.2, -0.15) is 5.10 Å². The average Bonchev–Trinajstić information content (AvgIpc) is 3.30. The van der Waals surface area contributed by atoms with Gasteiger partial charge in [-0.3, -0.25) is 15.0 Å². The number of phenolic OH excluding ortho intramolecular Hbond substituents is 1. The number of nitrogens with zero attached hydrogens (tertiary/aromatic N) is 4. The van der Waals surface area contributed by atoms with Gasteiger partial charge in [-0.1, -0.05) is 12.1 Å². The SMILES string of the molecule is Oc1c(F)cccc1CN1CCC(Cc2nc(-c3ccncc3)n[nH]2)C1. The predicted molar refractivity (Wildman–Crippen MR) is 94.8 cm³/mol. The normalized spacial score (nSPS) is 17.7. The number of likely N-dealkylation sites (tertiary alicyclic amines) is 1. The molecule has 0 amide bonds. The first-order valence-corrected chi connectivity index (χ1v) is 8.69. The molecule has 0 saturated carbocycles. The van der Waals surface area contributed by atoms with Crippen LogP contribution in [0.4, 0.5) is 4.39 Å². The van der Waals surface area contributed by atoms with Crippen LogP contribution in [0, 0.1) is 11.7 Å². The Bertz CT molecular complexity index is 883. The van der Waals surface area contributed by atoms with Crippen LogP contribution in [-0.4, -0.2) is 43.3 Å². The van der Waals surface area contributed by atoms with Crippen LogP contribution in [0.3, 0.4) is 0 Å². The molecule has 7 heteroatoms. The quantitative estimate of drug-likeness (QED) is 0.737. The zero-order valence-corrected chi connectivity index (χ0v) is 14.3. The van der Waals surface area contributed by atoms with Crippen LogP contribution < -0.4 is 0 Å². The van der Waals surface area contributed by atoms with Gasteiger partial charge < -0.3 is 5.11 Å². The molecule has 4 rings (SSSR count). The van der Waals surface area contributed by atoms with Gasteiger partial charge in [0.25, 0.3) is 0 Å². The van der Waals surface area contributed by atoms with Gasteiger partial charge in [-0.05, 0) is 37.1 Å². The van der Waals surface area contributed by atoms with E-state index in [1.54, 1.807) is 24.5 Å². The molecule has 1 aliphatic heterocycles. The first kappa shape index (κ1) is 16.7. The fourth-order valence-electron chi connectivity index (χ4n) is 3.44. The van der Waals surface area contributed by atoms with Crippen molar-refractivity contribution in [1.82, 2.24) is 25.1 Å². The number of pyridine rings is 1. The summed E-state index contributed by atoms with van der Waals surface area (Å²) in [7, 11) is 0. The molecule has 0 radical (unpaired) electrons. The number of hydrogen-bond acceptors (Lipinski definition) is 5. The second kappa shape index (κ2) is 7.21. The van der Waals surface area contributed by atoms with E-state index in [4.69, 9.17) is 0 Å². The highest BCUT2D eigenvalue weighted by molar-refractivity contribution is 5.52. The van der Waals surface area contributed by atoms with E-state index in [1.165, 1.54) is 6.07 Å². The zero-order valence-electron chi connectivity index (χ0n) is 14.3. The fourth-order valence-corrected chi connectivity index (χ4v) is 3.44. The molecule has 134 valence electrons. The second-order valence-electron chi connectivity index (χ2n) is 6.68. The molecule has 0 bridgehead atoms. The fraction of sp³-hybridized carbons (Fsp3) is 0.316. The highest BCUT2D eigenvalue weighted by atomic mass is 19.1. The molecule has 6 nitrogen and oxygen atoms in total. The third-order valence-corrected chi connectivity index (χ3v) is 4.79. The maximum atomic E-state index is 13.5. The monoisotopic (exact) mass is 353 g/mol. The van der Waals surface area contributed by atoms with Gasteiger partial charge in [-0.15, -0.1) is 0 Å². The minimum absolute atomic E-state index is 0.242. The number of benzene rings is 1. The summed E-state index contributed by atoms with van der Waals surface area (Å²) in [6.45, 7) is 2.37. The van der Waals surface area contributed by atoms with Crippen molar-refractivity contribution in [2.75, 3.05) is 13.1 Å². The van der Waals surface area contributed by atoms with Crippen LogP contribution in [0.1, 0.15) is 17.8 Å². The lowest BCUT2D eigenvalue weighted by atomic mass is 10.0. The molecule has 1 fully saturated rings. The molecule has 2 N–H and O–H groups in total. The van der Waals surface area contributed by atoms with E-state index < -0.39 is 5.82 Å². The van der Waals surface area contributed by atoms with Crippen LogP contribution in [0.15, 0.2) is 42.7 Å². The Morgan fingerprint density at radius 1 is 1.23 bits per heavy atom. The van der Waals surface area contributed by atoms with E-state index in [9.17, 15) is 9.50 Å². The third kappa shape index (κ3) is 3.57. The van der Waals surface area contributed by atoms with Gasteiger partial charge in [0, 0.05) is 43.0 Å². The molecule has 1 aromatic carbocycles. The molecule has 2 aromatic heterocycles. The summed E-state index contributed by atoms with van der Waals surface area (Å²) in [5, 5.41) is 17.1. The summed E-state index contributed by atoms with van der Waals surface area (Å²) >= 11 is 0. The number of aromatic hydroxyl groups is 1. The number of hydrogen-bond donors (Lipinski definition) is 2. The molecule has 26 heavy (non-hydrogen) atoms. The molecule has 1 atom stereocenters. The Morgan fingerprint density at radius 2 is 2.08 bits per heavy atom. The van der Waals surface area contributed by atoms with Crippen LogP contribution in [0.2, 0.25) is 0 Å². The molecule has 3 heterocycles. The molecule has 3 aromatic rings. The lowest BCUT2D eigenvalue weighted by Crippen LogP contribution is -2.21. The summed E-state index contributed by atoms with van der Waals surface area (Å²) in [5.74, 6) is 1.21. The molecular weight excluding hydrogens is 333 g/mol. The van der Waals surface area contributed by atoms with Gasteiger partial charge in [-0.25, -0.2) is 9.37 Å². The minimum Gasteiger partial charge on any atom is -0.505 e. The molecule has 1 saturated heterocycles. The summed E-state index contributed by atoms with van der Waals surface area (Å²) < 4.78 is 13.5. The van der Waals surface area contributed by atoms with Gasteiger partial charge >= 0.3 is 0 Å². The molecule has 0 spiro atoms. The van der Waals surface area contributed by atoms with Crippen LogP contribution in [-0.2, 0) is 13.0 Å².